The van der Waals surface area contributed by atoms with E-state index in [2.05, 4.69) is 17.3 Å². The molecule has 2 saturated heterocycles. The first-order valence-corrected chi connectivity index (χ1v) is 8.24. The summed E-state index contributed by atoms with van der Waals surface area (Å²) in [4.78, 5) is 14.9. The lowest BCUT2D eigenvalue weighted by atomic mass is 9.89. The third kappa shape index (κ3) is 2.98. The minimum Gasteiger partial charge on any atom is -0.338 e. The van der Waals surface area contributed by atoms with Crippen molar-refractivity contribution < 1.29 is 4.79 Å². The van der Waals surface area contributed by atoms with Crippen molar-refractivity contribution in [2.45, 2.75) is 45.1 Å². The summed E-state index contributed by atoms with van der Waals surface area (Å²) in [6.07, 6.45) is 7.59. The quantitative estimate of drug-likeness (QED) is 0.919. The molecule has 1 aromatic rings. The highest BCUT2D eigenvalue weighted by molar-refractivity contribution is 5.95. The standard InChI is InChI=1S/C16H26N4O/c1-3-14-13(11-19(2)18-14)16(21)20-9-5-6-12(10-20)15-7-4-8-17-15/h11-12,15,17H,3-10H2,1-2H3. The van der Waals surface area contributed by atoms with Gasteiger partial charge in [-0.2, -0.15) is 5.10 Å². The van der Waals surface area contributed by atoms with Gasteiger partial charge in [-0.3, -0.25) is 9.48 Å². The summed E-state index contributed by atoms with van der Waals surface area (Å²) < 4.78 is 1.76. The average molecular weight is 290 g/mol. The number of hydrogen-bond acceptors (Lipinski definition) is 3. The van der Waals surface area contributed by atoms with Gasteiger partial charge in [-0.05, 0) is 44.6 Å². The number of likely N-dealkylation sites (tertiary alicyclic amines) is 1. The van der Waals surface area contributed by atoms with Crippen LogP contribution in [0.5, 0.6) is 0 Å². The fraction of sp³-hybridized carbons (Fsp3) is 0.750. The Bertz CT molecular complexity index is 504. The molecule has 0 radical (unpaired) electrons. The third-order valence-electron chi connectivity index (χ3n) is 4.88. The molecule has 0 spiro atoms. The van der Waals surface area contributed by atoms with Crippen molar-refractivity contribution in [3.63, 3.8) is 0 Å². The molecule has 2 unspecified atom stereocenters. The molecule has 2 aliphatic rings. The Morgan fingerprint density at radius 1 is 1.43 bits per heavy atom. The fourth-order valence-corrected chi connectivity index (χ4v) is 3.78. The average Bonchev–Trinajstić information content (AvgIpc) is 3.15. The zero-order valence-corrected chi connectivity index (χ0v) is 13.1. The molecule has 3 rings (SSSR count). The molecule has 0 aromatic carbocycles. The molecule has 0 bridgehead atoms. The Morgan fingerprint density at radius 2 is 2.29 bits per heavy atom. The van der Waals surface area contributed by atoms with Gasteiger partial charge in [-0.15, -0.1) is 0 Å². The third-order valence-corrected chi connectivity index (χ3v) is 4.88. The molecular weight excluding hydrogens is 264 g/mol. The molecule has 0 saturated carbocycles. The van der Waals surface area contributed by atoms with Crippen LogP contribution in [-0.2, 0) is 13.5 Å². The van der Waals surface area contributed by atoms with Crippen molar-refractivity contribution in [1.82, 2.24) is 20.0 Å². The van der Waals surface area contributed by atoms with E-state index in [9.17, 15) is 4.79 Å². The zero-order chi connectivity index (χ0) is 14.8. The van der Waals surface area contributed by atoms with Crippen LogP contribution in [0.1, 0.15) is 48.7 Å². The van der Waals surface area contributed by atoms with Crippen LogP contribution in [0.2, 0.25) is 0 Å². The molecule has 1 N–H and O–H groups in total. The predicted molar refractivity (Wildman–Crippen MR) is 82.2 cm³/mol. The monoisotopic (exact) mass is 290 g/mol. The van der Waals surface area contributed by atoms with Crippen LogP contribution in [0.4, 0.5) is 0 Å². The number of piperidine rings is 1. The minimum absolute atomic E-state index is 0.169. The number of aromatic nitrogens is 2. The summed E-state index contributed by atoms with van der Waals surface area (Å²) in [5.74, 6) is 0.787. The largest absolute Gasteiger partial charge is 0.338 e. The van der Waals surface area contributed by atoms with Crippen molar-refractivity contribution in [2.75, 3.05) is 19.6 Å². The van der Waals surface area contributed by atoms with E-state index in [1.54, 1.807) is 4.68 Å². The minimum atomic E-state index is 0.169. The van der Waals surface area contributed by atoms with Crippen molar-refractivity contribution in [3.8, 4) is 0 Å². The van der Waals surface area contributed by atoms with Gasteiger partial charge in [0, 0.05) is 32.4 Å². The van der Waals surface area contributed by atoms with Gasteiger partial charge in [0.2, 0.25) is 0 Å². The number of carbonyl (C=O) groups excluding carboxylic acids is 1. The SMILES string of the molecule is CCc1nn(C)cc1C(=O)N1CCCC(C2CCCN2)C1. The van der Waals surface area contributed by atoms with Crippen LogP contribution >= 0.6 is 0 Å². The first-order chi connectivity index (χ1) is 10.2. The van der Waals surface area contributed by atoms with E-state index in [1.165, 1.54) is 19.3 Å². The summed E-state index contributed by atoms with van der Waals surface area (Å²) >= 11 is 0. The van der Waals surface area contributed by atoms with Crippen LogP contribution in [-0.4, -0.2) is 46.3 Å². The first kappa shape index (κ1) is 14.6. The van der Waals surface area contributed by atoms with Gasteiger partial charge in [0.1, 0.15) is 0 Å². The number of amides is 1. The second-order valence-corrected chi connectivity index (χ2v) is 6.37. The number of nitrogens with one attached hydrogen (secondary N) is 1. The Hall–Kier alpha value is -1.36. The molecule has 2 fully saturated rings. The maximum atomic E-state index is 12.8. The van der Waals surface area contributed by atoms with E-state index in [-0.39, 0.29) is 5.91 Å². The normalized spacial score (nSPS) is 26.3. The van der Waals surface area contributed by atoms with Gasteiger partial charge in [-0.25, -0.2) is 0 Å². The van der Waals surface area contributed by atoms with E-state index < -0.39 is 0 Å². The molecule has 2 aliphatic heterocycles. The van der Waals surface area contributed by atoms with Crippen LogP contribution < -0.4 is 5.32 Å². The number of rotatable bonds is 3. The molecule has 2 atom stereocenters. The van der Waals surface area contributed by atoms with Gasteiger partial charge < -0.3 is 10.2 Å². The van der Waals surface area contributed by atoms with Crippen LogP contribution in [0.25, 0.3) is 0 Å². The van der Waals surface area contributed by atoms with Gasteiger partial charge in [0.05, 0.1) is 11.3 Å². The molecule has 5 heteroatoms. The summed E-state index contributed by atoms with van der Waals surface area (Å²) in [5.41, 5.74) is 1.71. The highest BCUT2D eigenvalue weighted by atomic mass is 16.2. The maximum Gasteiger partial charge on any atom is 0.257 e. The van der Waals surface area contributed by atoms with E-state index in [1.807, 2.05) is 18.1 Å². The zero-order valence-electron chi connectivity index (χ0n) is 13.1. The Labute approximate surface area is 126 Å². The van der Waals surface area contributed by atoms with Crippen molar-refractivity contribution >= 4 is 5.91 Å². The van der Waals surface area contributed by atoms with Gasteiger partial charge in [0.25, 0.3) is 5.91 Å². The molecule has 21 heavy (non-hydrogen) atoms. The summed E-state index contributed by atoms with van der Waals surface area (Å²) in [6, 6.07) is 0.611. The topological polar surface area (TPSA) is 50.2 Å². The highest BCUT2D eigenvalue weighted by Gasteiger charge is 2.32. The Balaban J connectivity index is 1.71. The van der Waals surface area contributed by atoms with E-state index >= 15 is 0 Å². The second-order valence-electron chi connectivity index (χ2n) is 6.37. The molecule has 5 nitrogen and oxygen atoms in total. The molecule has 1 amide bonds. The van der Waals surface area contributed by atoms with Crippen LogP contribution in [0.3, 0.4) is 0 Å². The van der Waals surface area contributed by atoms with Gasteiger partial charge in [-0.1, -0.05) is 6.92 Å². The van der Waals surface area contributed by atoms with Crippen molar-refractivity contribution in [1.29, 1.82) is 0 Å². The summed E-state index contributed by atoms with van der Waals surface area (Å²) in [6.45, 7) is 4.98. The Kier molecular flexibility index (Phi) is 4.29. The summed E-state index contributed by atoms with van der Waals surface area (Å²) in [7, 11) is 1.89. The number of nitrogens with zero attached hydrogens (tertiary/aromatic N) is 3. The lowest BCUT2D eigenvalue weighted by Crippen LogP contribution is -2.46. The van der Waals surface area contributed by atoms with Gasteiger partial charge in [0.15, 0.2) is 0 Å². The fourth-order valence-electron chi connectivity index (χ4n) is 3.78. The highest BCUT2D eigenvalue weighted by Crippen LogP contribution is 2.26. The lowest BCUT2D eigenvalue weighted by Gasteiger charge is -2.35. The Morgan fingerprint density at radius 3 is 3.00 bits per heavy atom. The lowest BCUT2D eigenvalue weighted by molar-refractivity contribution is 0.0650. The smallest absolute Gasteiger partial charge is 0.257 e. The van der Waals surface area contributed by atoms with Crippen molar-refractivity contribution in [3.05, 3.63) is 17.5 Å². The van der Waals surface area contributed by atoms with Gasteiger partial charge >= 0.3 is 0 Å². The van der Waals surface area contributed by atoms with Crippen LogP contribution in [0, 0.1) is 5.92 Å². The molecule has 0 aliphatic carbocycles. The maximum absolute atomic E-state index is 12.8. The van der Waals surface area contributed by atoms with Crippen LogP contribution in [0.15, 0.2) is 6.20 Å². The van der Waals surface area contributed by atoms with E-state index in [4.69, 9.17) is 0 Å². The van der Waals surface area contributed by atoms with E-state index in [0.717, 1.165) is 43.7 Å². The number of aryl methyl sites for hydroxylation is 2. The molecule has 1 aromatic heterocycles. The molecule has 3 heterocycles. The number of hydrogen-bond donors (Lipinski definition) is 1. The molecular formula is C16H26N4O. The summed E-state index contributed by atoms with van der Waals surface area (Å²) in [5, 5.41) is 8.00. The second kappa shape index (κ2) is 6.18. The predicted octanol–water partition coefficient (Wildman–Crippen LogP) is 1.59. The van der Waals surface area contributed by atoms with Crippen molar-refractivity contribution in [2.24, 2.45) is 13.0 Å². The van der Waals surface area contributed by atoms with E-state index in [0.29, 0.717) is 12.0 Å². The first-order valence-electron chi connectivity index (χ1n) is 8.24. The molecule has 116 valence electrons. The number of carbonyl (C=O) groups is 1.